The maximum Gasteiger partial charge on any atom is 0.184 e. The lowest BCUT2D eigenvalue weighted by Crippen LogP contribution is -2.15. The van der Waals surface area contributed by atoms with E-state index in [1.54, 1.807) is 0 Å². The van der Waals surface area contributed by atoms with Gasteiger partial charge in [0.15, 0.2) is 5.78 Å². The average molecular weight is 240 g/mol. The summed E-state index contributed by atoms with van der Waals surface area (Å²) in [7, 11) is 0. The van der Waals surface area contributed by atoms with E-state index in [1.165, 1.54) is 18.2 Å². The standard InChI is InChI=1S/C12H11ClFNO/c1-2-4-8(7-15)12(16)11-9(13)5-3-6-10(11)14/h3,5-6,8H,2,4H2,1H3. The minimum atomic E-state index is -0.820. The maximum absolute atomic E-state index is 13.4. The minimum absolute atomic E-state index is 0.0568. The highest BCUT2D eigenvalue weighted by Crippen LogP contribution is 2.23. The van der Waals surface area contributed by atoms with Crippen LogP contribution in [0.1, 0.15) is 30.1 Å². The van der Waals surface area contributed by atoms with E-state index >= 15 is 0 Å². The first-order chi connectivity index (χ1) is 7.61. The van der Waals surface area contributed by atoms with Gasteiger partial charge in [-0.15, -0.1) is 0 Å². The van der Waals surface area contributed by atoms with Crippen molar-refractivity contribution in [1.29, 1.82) is 5.26 Å². The molecule has 0 amide bonds. The summed E-state index contributed by atoms with van der Waals surface area (Å²) >= 11 is 5.76. The van der Waals surface area contributed by atoms with Crippen LogP contribution in [0.3, 0.4) is 0 Å². The molecule has 0 aliphatic rings. The van der Waals surface area contributed by atoms with Crippen molar-refractivity contribution in [2.45, 2.75) is 19.8 Å². The van der Waals surface area contributed by atoms with Gasteiger partial charge in [-0.3, -0.25) is 4.79 Å². The summed E-state index contributed by atoms with van der Waals surface area (Å²) in [5, 5.41) is 8.89. The highest BCUT2D eigenvalue weighted by molar-refractivity contribution is 6.34. The van der Waals surface area contributed by atoms with Gasteiger partial charge in [0.2, 0.25) is 0 Å². The van der Waals surface area contributed by atoms with Gasteiger partial charge in [0, 0.05) is 0 Å². The molecule has 1 aromatic rings. The van der Waals surface area contributed by atoms with Gasteiger partial charge >= 0.3 is 0 Å². The summed E-state index contributed by atoms with van der Waals surface area (Å²) in [5.74, 6) is -2.03. The largest absolute Gasteiger partial charge is 0.293 e. The second-order valence-corrected chi connectivity index (χ2v) is 3.84. The molecule has 0 heterocycles. The summed E-state index contributed by atoms with van der Waals surface area (Å²) in [6, 6.07) is 5.92. The molecule has 4 heteroatoms. The summed E-state index contributed by atoms with van der Waals surface area (Å²) in [6.45, 7) is 1.86. The predicted octanol–water partition coefficient (Wildman–Crippen LogP) is 3.60. The molecule has 0 fully saturated rings. The van der Waals surface area contributed by atoms with Crippen LogP contribution in [0.4, 0.5) is 4.39 Å². The highest BCUT2D eigenvalue weighted by Gasteiger charge is 2.23. The Bertz CT molecular complexity index is 419. The highest BCUT2D eigenvalue weighted by atomic mass is 35.5. The number of ketones is 1. The number of carbonyl (C=O) groups is 1. The zero-order valence-electron chi connectivity index (χ0n) is 8.84. The lowest BCUT2D eigenvalue weighted by molar-refractivity contribution is 0.0939. The monoisotopic (exact) mass is 239 g/mol. The molecule has 2 nitrogen and oxygen atoms in total. The molecule has 1 unspecified atom stereocenters. The summed E-state index contributed by atoms with van der Waals surface area (Å²) in [5.41, 5.74) is -0.177. The average Bonchev–Trinajstić information content (AvgIpc) is 2.25. The van der Waals surface area contributed by atoms with Crippen LogP contribution >= 0.6 is 11.6 Å². The molecule has 1 aromatic carbocycles. The first-order valence-corrected chi connectivity index (χ1v) is 5.37. The van der Waals surface area contributed by atoms with Crippen molar-refractivity contribution in [2.24, 2.45) is 5.92 Å². The normalized spacial score (nSPS) is 11.9. The van der Waals surface area contributed by atoms with Crippen molar-refractivity contribution >= 4 is 17.4 Å². The molecule has 84 valence electrons. The van der Waals surface area contributed by atoms with E-state index in [2.05, 4.69) is 0 Å². The molecule has 1 rings (SSSR count). The van der Waals surface area contributed by atoms with E-state index < -0.39 is 17.5 Å². The SMILES string of the molecule is CCCC(C#N)C(=O)c1c(F)cccc1Cl. The summed E-state index contributed by atoms with van der Waals surface area (Å²) in [6.07, 6.45) is 1.11. The van der Waals surface area contributed by atoms with Gasteiger partial charge in [0.1, 0.15) is 11.7 Å². The van der Waals surface area contributed by atoms with Crippen molar-refractivity contribution < 1.29 is 9.18 Å². The Kier molecular flexibility index (Phi) is 4.45. The lowest BCUT2D eigenvalue weighted by Gasteiger charge is -2.08. The molecule has 0 bridgehead atoms. The first-order valence-electron chi connectivity index (χ1n) is 4.99. The molecule has 0 saturated heterocycles. The number of nitrogens with zero attached hydrogens (tertiary/aromatic N) is 1. The van der Waals surface area contributed by atoms with Crippen molar-refractivity contribution in [3.05, 3.63) is 34.6 Å². The molecule has 0 N–H and O–H groups in total. The first kappa shape index (κ1) is 12.7. The number of nitriles is 1. The third kappa shape index (κ3) is 2.59. The summed E-state index contributed by atoms with van der Waals surface area (Å²) in [4.78, 5) is 11.9. The van der Waals surface area contributed by atoms with Crippen LogP contribution in [0.15, 0.2) is 18.2 Å². The summed E-state index contributed by atoms with van der Waals surface area (Å²) < 4.78 is 13.4. The van der Waals surface area contributed by atoms with Gasteiger partial charge in [0.25, 0.3) is 0 Å². The fourth-order valence-electron chi connectivity index (χ4n) is 1.45. The molecule has 0 aliphatic heterocycles. The molecule has 0 aliphatic carbocycles. The van der Waals surface area contributed by atoms with Crippen molar-refractivity contribution in [3.8, 4) is 6.07 Å². The number of halogens is 2. The fourth-order valence-corrected chi connectivity index (χ4v) is 1.71. The predicted molar refractivity (Wildman–Crippen MR) is 59.8 cm³/mol. The Morgan fingerprint density at radius 1 is 1.62 bits per heavy atom. The zero-order chi connectivity index (χ0) is 12.1. The molecule has 1 atom stereocenters. The van der Waals surface area contributed by atoms with Gasteiger partial charge in [-0.1, -0.05) is 31.0 Å². The molecular formula is C12H11ClFNO. The lowest BCUT2D eigenvalue weighted by atomic mass is 9.94. The Morgan fingerprint density at radius 2 is 2.31 bits per heavy atom. The van der Waals surface area contributed by atoms with Crippen LogP contribution in [-0.4, -0.2) is 5.78 Å². The Hall–Kier alpha value is -1.40. The second-order valence-electron chi connectivity index (χ2n) is 3.43. The number of hydrogen-bond donors (Lipinski definition) is 0. The van der Waals surface area contributed by atoms with Crippen LogP contribution in [-0.2, 0) is 0 Å². The number of Topliss-reactive ketones (excluding diaryl/α,β-unsaturated/α-hetero) is 1. The molecule has 16 heavy (non-hydrogen) atoms. The molecule has 0 aromatic heterocycles. The van der Waals surface area contributed by atoms with Gasteiger partial charge in [-0.25, -0.2) is 4.39 Å². The number of rotatable bonds is 4. The second kappa shape index (κ2) is 5.62. The maximum atomic E-state index is 13.4. The van der Waals surface area contributed by atoms with Crippen LogP contribution in [0.25, 0.3) is 0 Å². The van der Waals surface area contributed by atoms with Gasteiger partial charge in [0.05, 0.1) is 16.7 Å². The molecule has 0 spiro atoms. The molecular weight excluding hydrogens is 229 g/mol. The van der Waals surface area contributed by atoms with E-state index in [9.17, 15) is 9.18 Å². The van der Waals surface area contributed by atoms with Crippen molar-refractivity contribution in [2.75, 3.05) is 0 Å². The minimum Gasteiger partial charge on any atom is -0.293 e. The van der Waals surface area contributed by atoms with Gasteiger partial charge < -0.3 is 0 Å². The fraction of sp³-hybridized carbons (Fsp3) is 0.333. The van der Waals surface area contributed by atoms with Crippen molar-refractivity contribution in [3.63, 3.8) is 0 Å². The van der Waals surface area contributed by atoms with Crippen LogP contribution in [0, 0.1) is 23.1 Å². The van der Waals surface area contributed by atoms with Crippen LogP contribution < -0.4 is 0 Å². The third-order valence-electron chi connectivity index (χ3n) is 2.26. The molecule has 0 radical (unpaired) electrons. The van der Waals surface area contributed by atoms with Gasteiger partial charge in [-0.05, 0) is 18.6 Å². The van der Waals surface area contributed by atoms with Crippen LogP contribution in [0.2, 0.25) is 5.02 Å². The quantitative estimate of drug-likeness (QED) is 0.754. The zero-order valence-corrected chi connectivity index (χ0v) is 9.59. The Labute approximate surface area is 98.6 Å². The van der Waals surface area contributed by atoms with E-state index in [4.69, 9.17) is 16.9 Å². The van der Waals surface area contributed by atoms with E-state index in [1.807, 2.05) is 13.0 Å². The molecule has 0 saturated carbocycles. The topological polar surface area (TPSA) is 40.9 Å². The van der Waals surface area contributed by atoms with Gasteiger partial charge in [-0.2, -0.15) is 5.26 Å². The van der Waals surface area contributed by atoms with Crippen molar-refractivity contribution in [1.82, 2.24) is 0 Å². The number of hydrogen-bond acceptors (Lipinski definition) is 2. The number of benzene rings is 1. The number of carbonyl (C=O) groups excluding carboxylic acids is 1. The van der Waals surface area contributed by atoms with E-state index in [0.717, 1.165) is 0 Å². The Balaban J connectivity index is 3.09. The van der Waals surface area contributed by atoms with Crippen LogP contribution in [0.5, 0.6) is 0 Å². The Morgan fingerprint density at radius 3 is 2.81 bits per heavy atom. The van der Waals surface area contributed by atoms with E-state index in [0.29, 0.717) is 12.8 Å². The van der Waals surface area contributed by atoms with E-state index in [-0.39, 0.29) is 10.6 Å². The smallest absolute Gasteiger partial charge is 0.184 e. The third-order valence-corrected chi connectivity index (χ3v) is 2.57.